The highest BCUT2D eigenvalue weighted by molar-refractivity contribution is 7.91. The second-order valence-corrected chi connectivity index (χ2v) is 17.7. The van der Waals surface area contributed by atoms with Crippen LogP contribution in [-0.4, -0.2) is 95.5 Å². The molecule has 4 amide bonds. The zero-order valence-corrected chi connectivity index (χ0v) is 33.5. The smallest absolute Gasteiger partial charge is 0.416 e. The van der Waals surface area contributed by atoms with E-state index in [1.54, 1.807) is 30.3 Å². The predicted molar refractivity (Wildman–Crippen MR) is 210 cm³/mol. The number of hydrogen-bond acceptors (Lipinski definition) is 12. The Bertz CT molecular complexity index is 2560. The molecule has 16 nitrogen and oxygen atoms in total. The number of para-hydroxylation sites is 1. The first-order chi connectivity index (χ1) is 29.1. The first kappa shape index (κ1) is 41.7. The van der Waals surface area contributed by atoms with Crippen molar-refractivity contribution in [1.82, 2.24) is 30.2 Å². The van der Waals surface area contributed by atoms with Crippen molar-refractivity contribution in [3.05, 3.63) is 66.2 Å². The number of furan rings is 1. The lowest BCUT2D eigenvalue weighted by Crippen LogP contribution is -2.58. The topological polar surface area (TPSA) is 216 Å². The number of carbonyl (C=O) groups is 5. The van der Waals surface area contributed by atoms with E-state index < -0.39 is 86.3 Å². The third kappa shape index (κ3) is 8.49. The van der Waals surface area contributed by atoms with E-state index in [0.29, 0.717) is 49.5 Å². The Morgan fingerprint density at radius 3 is 2.48 bits per heavy atom. The van der Waals surface area contributed by atoms with E-state index in [-0.39, 0.29) is 54.2 Å². The van der Waals surface area contributed by atoms with Gasteiger partial charge in [0.2, 0.25) is 27.4 Å². The van der Waals surface area contributed by atoms with Gasteiger partial charge in [-0.05, 0) is 62.8 Å². The summed E-state index contributed by atoms with van der Waals surface area (Å²) < 4.78 is 85.3. The fraction of sp³-hybridized carbons (Fsp3) is 0.439. The monoisotopic (exact) mass is 866 g/mol. The number of nitrogens with zero attached hydrogens (tertiary/aromatic N) is 3. The van der Waals surface area contributed by atoms with Gasteiger partial charge in [0, 0.05) is 23.3 Å². The van der Waals surface area contributed by atoms with E-state index in [1.807, 2.05) is 6.08 Å². The lowest BCUT2D eigenvalue weighted by Gasteiger charge is -2.29. The van der Waals surface area contributed by atoms with Gasteiger partial charge in [0.15, 0.2) is 5.82 Å². The molecule has 2 saturated carbocycles. The molecule has 3 N–H and O–H groups in total. The Balaban J connectivity index is 1.15. The van der Waals surface area contributed by atoms with Crippen molar-refractivity contribution in [2.75, 3.05) is 13.7 Å². The van der Waals surface area contributed by atoms with E-state index in [1.165, 1.54) is 17.0 Å². The molecule has 2 aromatic heterocycles. The zero-order valence-electron chi connectivity index (χ0n) is 32.7. The molecule has 0 spiro atoms. The van der Waals surface area contributed by atoms with Crippen LogP contribution in [0.25, 0.3) is 33.5 Å². The third-order valence-corrected chi connectivity index (χ3v) is 13.3. The number of rotatable bonds is 7. The van der Waals surface area contributed by atoms with Gasteiger partial charge in [-0.15, -0.1) is 0 Å². The largest absolute Gasteiger partial charge is 0.470 e. The number of esters is 1. The maximum atomic E-state index is 14.5. The summed E-state index contributed by atoms with van der Waals surface area (Å²) >= 11 is 0. The molecule has 5 atom stereocenters. The molecule has 2 aliphatic carbocycles. The van der Waals surface area contributed by atoms with Gasteiger partial charge < -0.3 is 29.4 Å². The lowest BCUT2D eigenvalue weighted by molar-refractivity contribution is -0.154. The number of hydrogen-bond donors (Lipinski definition) is 3. The molecule has 4 aromatic rings. The number of fused-ring (bicyclic) bond motifs is 5. The van der Waals surface area contributed by atoms with Crippen LogP contribution in [-0.2, 0) is 44.9 Å². The Morgan fingerprint density at radius 2 is 1.75 bits per heavy atom. The second-order valence-electron chi connectivity index (χ2n) is 15.7. The summed E-state index contributed by atoms with van der Waals surface area (Å²) in [5.41, 5.74) is -1.53. The number of carbonyl (C=O) groups excluding carboxylic acids is 5. The quantitative estimate of drug-likeness (QED) is 0.136. The van der Waals surface area contributed by atoms with Crippen LogP contribution >= 0.6 is 0 Å². The van der Waals surface area contributed by atoms with E-state index in [9.17, 15) is 45.6 Å². The maximum absolute atomic E-state index is 14.5. The number of allylic oxidation sites excluding steroid dienone is 1. The number of aromatic nitrogens is 2. The van der Waals surface area contributed by atoms with Gasteiger partial charge in [0.05, 0.1) is 24.5 Å². The molecule has 0 unspecified atom stereocenters. The van der Waals surface area contributed by atoms with Gasteiger partial charge in [0.25, 0.3) is 11.8 Å². The van der Waals surface area contributed by atoms with Crippen molar-refractivity contribution in [1.29, 1.82) is 0 Å². The SMILES string of the molecule is COC(=O)C(=O)N[C@H]1CCCCC/C=C\[C@@H]2C[C@@]2(C(=O)NS(=O)(=O)C2CC2)NC(=O)[C@@H]2C[C@@H](Oc3nc(-c4ccc(C(F)(F)F)cc4)nc4c3oc3ccccc34)CN2C1=O. The summed E-state index contributed by atoms with van der Waals surface area (Å²) in [6.07, 6.45) is 1.14. The van der Waals surface area contributed by atoms with Gasteiger partial charge in [-0.25, -0.2) is 18.2 Å². The van der Waals surface area contributed by atoms with Gasteiger partial charge in [-0.1, -0.05) is 49.3 Å². The molecule has 2 aromatic carbocycles. The van der Waals surface area contributed by atoms with Gasteiger partial charge in [-0.2, -0.15) is 18.2 Å². The number of methoxy groups -OCH3 is 1. The maximum Gasteiger partial charge on any atom is 0.416 e. The third-order valence-electron chi connectivity index (χ3n) is 11.5. The first-order valence-electron chi connectivity index (χ1n) is 19.9. The molecular formula is C41H41F3N6O10S. The standard InChI is InChI=1S/C41H41F3N6O10S/c1-58-38(54)35(52)45-28-11-6-4-2-3-5-9-24-20-40(24,39(55)49-61(56,57)26-17-18-26)48-34(51)29-19-25(21-50(29)37(28)53)59-36-32-31(27-10-7-8-12-30(27)60-32)46-33(47-36)22-13-15-23(16-14-22)41(42,43)44/h5,7-10,12-16,24-26,28-29H,2-4,6,11,17-21H2,1H3,(H,45,52)(H,48,51)(H,49,55)/b9-5-/t24-,25-,28+,29+,40-/m1/s1. The molecule has 20 heteroatoms. The predicted octanol–water partition coefficient (Wildman–Crippen LogP) is 4.07. The van der Waals surface area contributed by atoms with E-state index in [2.05, 4.69) is 30.1 Å². The molecule has 4 heterocycles. The van der Waals surface area contributed by atoms with Crippen molar-refractivity contribution in [2.45, 2.75) is 92.9 Å². The van der Waals surface area contributed by atoms with E-state index in [4.69, 9.17) is 9.15 Å². The minimum Gasteiger partial charge on any atom is -0.470 e. The summed E-state index contributed by atoms with van der Waals surface area (Å²) in [5.74, 6) is -5.54. The molecule has 0 radical (unpaired) electrons. The van der Waals surface area contributed by atoms with Gasteiger partial charge >= 0.3 is 18.1 Å². The Kier molecular flexibility index (Phi) is 11.0. The number of halogens is 3. The normalized spacial score (nSPS) is 25.3. The summed E-state index contributed by atoms with van der Waals surface area (Å²) in [6.45, 7) is -0.276. The van der Waals surface area contributed by atoms with Crippen molar-refractivity contribution in [3.63, 3.8) is 0 Å². The van der Waals surface area contributed by atoms with Gasteiger partial charge in [0.1, 0.15) is 34.8 Å². The van der Waals surface area contributed by atoms with Crippen molar-refractivity contribution in [3.8, 4) is 17.3 Å². The molecule has 4 aliphatic rings. The minimum absolute atomic E-state index is 0.00281. The highest BCUT2D eigenvalue weighted by atomic mass is 32.2. The summed E-state index contributed by atoms with van der Waals surface area (Å²) in [7, 11) is -2.98. The van der Waals surface area contributed by atoms with Crippen LogP contribution in [0.1, 0.15) is 63.4 Å². The Hall–Kier alpha value is -6.05. The Morgan fingerprint density at radius 1 is 1.00 bits per heavy atom. The summed E-state index contributed by atoms with van der Waals surface area (Å²) in [4.78, 5) is 78.1. The minimum atomic E-state index is -4.58. The van der Waals surface area contributed by atoms with Crippen LogP contribution < -0.4 is 20.1 Å². The highest BCUT2D eigenvalue weighted by Crippen LogP contribution is 2.46. The first-order valence-corrected chi connectivity index (χ1v) is 21.4. The van der Waals surface area contributed by atoms with Crippen LogP contribution in [0.5, 0.6) is 5.88 Å². The van der Waals surface area contributed by atoms with Crippen LogP contribution in [0.3, 0.4) is 0 Å². The molecule has 1 saturated heterocycles. The number of ether oxygens (including phenoxy) is 2. The average molecular weight is 867 g/mol. The number of sulfonamides is 1. The van der Waals surface area contributed by atoms with E-state index >= 15 is 0 Å². The number of benzene rings is 2. The lowest BCUT2D eigenvalue weighted by atomic mass is 10.0. The van der Waals surface area contributed by atoms with Crippen LogP contribution in [0.2, 0.25) is 0 Å². The molecule has 322 valence electrons. The molecule has 3 fully saturated rings. The summed E-state index contributed by atoms with van der Waals surface area (Å²) in [6, 6.07) is 8.47. The molecular weight excluding hydrogens is 826 g/mol. The summed E-state index contributed by atoms with van der Waals surface area (Å²) in [5, 5.41) is 5.05. The van der Waals surface area contributed by atoms with Crippen molar-refractivity contribution < 1.29 is 59.5 Å². The van der Waals surface area contributed by atoms with Crippen LogP contribution in [0.15, 0.2) is 65.1 Å². The molecule has 2 aliphatic heterocycles. The molecule has 61 heavy (non-hydrogen) atoms. The van der Waals surface area contributed by atoms with Crippen LogP contribution in [0, 0.1) is 5.92 Å². The van der Waals surface area contributed by atoms with Crippen molar-refractivity contribution >= 4 is 61.7 Å². The van der Waals surface area contributed by atoms with Gasteiger partial charge in [-0.3, -0.25) is 23.9 Å². The second kappa shape index (κ2) is 16.1. The average Bonchev–Trinajstić information content (AvgIpc) is 4.13. The van der Waals surface area contributed by atoms with Crippen molar-refractivity contribution in [2.24, 2.45) is 5.92 Å². The fourth-order valence-electron chi connectivity index (χ4n) is 7.90. The highest BCUT2D eigenvalue weighted by Gasteiger charge is 2.62. The number of amides is 4. The molecule has 8 rings (SSSR count). The van der Waals surface area contributed by atoms with Crippen LogP contribution in [0.4, 0.5) is 13.2 Å². The van der Waals surface area contributed by atoms with E-state index in [0.717, 1.165) is 19.2 Å². The number of nitrogens with one attached hydrogen (secondary N) is 3. The Labute approximate surface area is 346 Å². The zero-order chi connectivity index (χ0) is 43.3. The molecule has 0 bridgehead atoms. The fourth-order valence-corrected chi connectivity index (χ4v) is 9.26. The number of alkyl halides is 3.